The monoisotopic (exact) mass is 333 g/mol. The summed E-state index contributed by atoms with van der Waals surface area (Å²) in [6, 6.07) is 24.1. The van der Waals surface area contributed by atoms with Gasteiger partial charge in [0.1, 0.15) is 11.5 Å². The highest BCUT2D eigenvalue weighted by atomic mass is 16.5. The molecular formula is C21H19NO3. The van der Waals surface area contributed by atoms with Crippen molar-refractivity contribution in [3.8, 4) is 23.0 Å². The Morgan fingerprint density at radius 2 is 1.28 bits per heavy atom. The van der Waals surface area contributed by atoms with E-state index in [0.29, 0.717) is 28.6 Å². The second-order valence-corrected chi connectivity index (χ2v) is 5.66. The molecule has 0 unspecified atom stereocenters. The Morgan fingerprint density at radius 3 is 1.84 bits per heavy atom. The van der Waals surface area contributed by atoms with Gasteiger partial charge in [-0.25, -0.2) is 0 Å². The van der Waals surface area contributed by atoms with E-state index < -0.39 is 0 Å². The lowest BCUT2D eigenvalue weighted by Crippen LogP contribution is -2.22. The number of carbonyl (C=O) groups is 1. The average Bonchev–Trinajstić information content (AvgIpc) is 2.64. The first-order valence-electron chi connectivity index (χ1n) is 7.95. The molecule has 0 aliphatic rings. The van der Waals surface area contributed by atoms with Crippen molar-refractivity contribution in [1.29, 1.82) is 0 Å². The molecule has 3 rings (SSSR count). The fourth-order valence-corrected chi connectivity index (χ4v) is 2.33. The van der Waals surface area contributed by atoms with Crippen molar-refractivity contribution in [1.82, 2.24) is 4.90 Å². The van der Waals surface area contributed by atoms with E-state index in [1.807, 2.05) is 60.7 Å². The van der Waals surface area contributed by atoms with Crippen molar-refractivity contribution in [2.45, 2.75) is 0 Å². The van der Waals surface area contributed by atoms with Gasteiger partial charge < -0.3 is 14.4 Å². The summed E-state index contributed by atoms with van der Waals surface area (Å²) in [7, 11) is 3.42. The topological polar surface area (TPSA) is 38.8 Å². The van der Waals surface area contributed by atoms with Crippen molar-refractivity contribution in [3.63, 3.8) is 0 Å². The van der Waals surface area contributed by atoms with E-state index in [-0.39, 0.29) is 5.91 Å². The summed E-state index contributed by atoms with van der Waals surface area (Å²) in [6.45, 7) is 0. The van der Waals surface area contributed by atoms with Crippen molar-refractivity contribution in [3.05, 3.63) is 84.4 Å². The fourth-order valence-electron chi connectivity index (χ4n) is 2.33. The summed E-state index contributed by atoms with van der Waals surface area (Å²) in [5.74, 6) is 2.05. The molecule has 25 heavy (non-hydrogen) atoms. The Bertz CT molecular complexity index is 846. The molecule has 0 atom stereocenters. The number of amides is 1. The maximum atomic E-state index is 12.6. The standard InChI is InChI=1S/C21H19NO3/c1-22(2)21(23)18-14-9-15-19(24-16-10-5-3-6-11-16)20(18)25-17-12-7-4-8-13-17/h3-15H,1-2H3. The van der Waals surface area contributed by atoms with Crippen molar-refractivity contribution < 1.29 is 14.3 Å². The number of benzene rings is 3. The largest absolute Gasteiger partial charge is 0.453 e. The quantitative estimate of drug-likeness (QED) is 0.661. The molecule has 0 N–H and O–H groups in total. The molecule has 4 heteroatoms. The predicted molar refractivity (Wildman–Crippen MR) is 97.5 cm³/mol. The molecule has 0 saturated heterocycles. The molecule has 0 aromatic heterocycles. The third-order valence-electron chi connectivity index (χ3n) is 3.55. The van der Waals surface area contributed by atoms with Crippen LogP contribution in [-0.4, -0.2) is 24.9 Å². The fraction of sp³-hybridized carbons (Fsp3) is 0.0952. The van der Waals surface area contributed by atoms with Crippen LogP contribution < -0.4 is 9.47 Å². The first-order valence-corrected chi connectivity index (χ1v) is 7.95. The predicted octanol–water partition coefficient (Wildman–Crippen LogP) is 4.97. The van der Waals surface area contributed by atoms with Crippen LogP contribution in [0.25, 0.3) is 0 Å². The molecule has 4 nitrogen and oxygen atoms in total. The molecule has 0 radical (unpaired) electrons. The van der Waals surface area contributed by atoms with Gasteiger partial charge in [0.15, 0.2) is 11.5 Å². The van der Waals surface area contributed by atoms with Crippen LogP contribution in [0, 0.1) is 0 Å². The van der Waals surface area contributed by atoms with Gasteiger partial charge in [0, 0.05) is 14.1 Å². The van der Waals surface area contributed by atoms with E-state index in [1.165, 1.54) is 4.90 Å². The summed E-state index contributed by atoms with van der Waals surface area (Å²) in [5, 5.41) is 0. The zero-order valence-corrected chi connectivity index (χ0v) is 14.2. The molecule has 0 heterocycles. The summed E-state index contributed by atoms with van der Waals surface area (Å²) < 4.78 is 12.0. The van der Waals surface area contributed by atoms with Crippen LogP contribution in [0.4, 0.5) is 0 Å². The molecule has 0 fully saturated rings. The second-order valence-electron chi connectivity index (χ2n) is 5.66. The number of hydrogen-bond acceptors (Lipinski definition) is 3. The highest BCUT2D eigenvalue weighted by molar-refractivity contribution is 5.97. The van der Waals surface area contributed by atoms with Crippen LogP contribution >= 0.6 is 0 Å². The Balaban J connectivity index is 2.04. The second kappa shape index (κ2) is 7.53. The van der Waals surface area contributed by atoms with E-state index in [9.17, 15) is 4.79 Å². The van der Waals surface area contributed by atoms with Gasteiger partial charge in [0.05, 0.1) is 5.56 Å². The first kappa shape index (κ1) is 16.6. The van der Waals surface area contributed by atoms with Crippen molar-refractivity contribution in [2.75, 3.05) is 14.1 Å². The van der Waals surface area contributed by atoms with Gasteiger partial charge in [-0.2, -0.15) is 0 Å². The van der Waals surface area contributed by atoms with Crippen molar-refractivity contribution >= 4 is 5.91 Å². The highest BCUT2D eigenvalue weighted by Crippen LogP contribution is 2.38. The number of carbonyl (C=O) groups excluding carboxylic acids is 1. The van der Waals surface area contributed by atoms with Crippen LogP contribution in [0.15, 0.2) is 78.9 Å². The third kappa shape index (κ3) is 3.98. The van der Waals surface area contributed by atoms with E-state index in [0.717, 1.165) is 0 Å². The lowest BCUT2D eigenvalue weighted by molar-refractivity contribution is 0.0824. The van der Waals surface area contributed by atoms with Crippen LogP contribution in [0.5, 0.6) is 23.0 Å². The number of rotatable bonds is 5. The minimum absolute atomic E-state index is 0.149. The maximum Gasteiger partial charge on any atom is 0.257 e. The van der Waals surface area contributed by atoms with E-state index in [1.54, 1.807) is 32.3 Å². The lowest BCUT2D eigenvalue weighted by atomic mass is 10.1. The van der Waals surface area contributed by atoms with E-state index >= 15 is 0 Å². The van der Waals surface area contributed by atoms with Crippen LogP contribution in [0.1, 0.15) is 10.4 Å². The van der Waals surface area contributed by atoms with Gasteiger partial charge in [-0.05, 0) is 36.4 Å². The lowest BCUT2D eigenvalue weighted by Gasteiger charge is -2.18. The number of hydrogen-bond donors (Lipinski definition) is 0. The van der Waals surface area contributed by atoms with Gasteiger partial charge >= 0.3 is 0 Å². The Hall–Kier alpha value is -3.27. The van der Waals surface area contributed by atoms with Gasteiger partial charge in [-0.15, -0.1) is 0 Å². The highest BCUT2D eigenvalue weighted by Gasteiger charge is 2.20. The first-order chi connectivity index (χ1) is 12.1. The van der Waals surface area contributed by atoms with E-state index in [2.05, 4.69) is 0 Å². The zero-order valence-electron chi connectivity index (χ0n) is 14.2. The van der Waals surface area contributed by atoms with Gasteiger partial charge in [-0.3, -0.25) is 4.79 Å². The smallest absolute Gasteiger partial charge is 0.257 e. The Morgan fingerprint density at radius 1 is 0.720 bits per heavy atom. The summed E-state index contributed by atoms with van der Waals surface area (Å²) in [6.07, 6.45) is 0. The van der Waals surface area contributed by atoms with Gasteiger partial charge in [0.2, 0.25) is 0 Å². The van der Waals surface area contributed by atoms with Crippen LogP contribution in [0.2, 0.25) is 0 Å². The average molecular weight is 333 g/mol. The molecule has 0 bridgehead atoms. The molecule has 3 aromatic rings. The summed E-state index contributed by atoms with van der Waals surface area (Å²) >= 11 is 0. The summed E-state index contributed by atoms with van der Waals surface area (Å²) in [4.78, 5) is 14.1. The molecule has 0 aliphatic heterocycles. The minimum atomic E-state index is -0.149. The molecule has 0 saturated carbocycles. The molecular weight excluding hydrogens is 314 g/mol. The number of ether oxygens (including phenoxy) is 2. The molecule has 3 aromatic carbocycles. The molecule has 1 amide bonds. The van der Waals surface area contributed by atoms with Crippen LogP contribution in [0.3, 0.4) is 0 Å². The number of para-hydroxylation sites is 3. The van der Waals surface area contributed by atoms with Gasteiger partial charge in [-0.1, -0.05) is 42.5 Å². The van der Waals surface area contributed by atoms with Gasteiger partial charge in [0.25, 0.3) is 5.91 Å². The van der Waals surface area contributed by atoms with Crippen molar-refractivity contribution in [2.24, 2.45) is 0 Å². The Kier molecular flexibility index (Phi) is 5.00. The molecule has 0 aliphatic carbocycles. The van der Waals surface area contributed by atoms with E-state index in [4.69, 9.17) is 9.47 Å². The zero-order chi connectivity index (χ0) is 17.6. The molecule has 0 spiro atoms. The SMILES string of the molecule is CN(C)C(=O)c1cccc(Oc2ccccc2)c1Oc1ccccc1. The minimum Gasteiger partial charge on any atom is -0.453 e. The third-order valence-corrected chi connectivity index (χ3v) is 3.55. The summed E-state index contributed by atoms with van der Waals surface area (Å²) in [5.41, 5.74) is 0.447. The van der Waals surface area contributed by atoms with Crippen LogP contribution in [-0.2, 0) is 0 Å². The normalized spacial score (nSPS) is 10.2. The molecule has 126 valence electrons. The Labute approximate surface area is 147 Å². The maximum absolute atomic E-state index is 12.6. The number of nitrogens with zero attached hydrogens (tertiary/aromatic N) is 1.